The van der Waals surface area contributed by atoms with Crippen LogP contribution in [0.3, 0.4) is 0 Å². The van der Waals surface area contributed by atoms with Gasteiger partial charge in [-0.1, -0.05) is 54.5 Å². The monoisotopic (exact) mass is 314 g/mol. The maximum Gasteiger partial charge on any atom is 0.184 e. The molecule has 3 aromatic carbocycles. The van der Waals surface area contributed by atoms with E-state index in [1.807, 2.05) is 84.9 Å². The van der Waals surface area contributed by atoms with E-state index in [9.17, 15) is 0 Å². The maximum atomic E-state index is 6.08. The van der Waals surface area contributed by atoms with Gasteiger partial charge in [0.2, 0.25) is 0 Å². The molecule has 0 heterocycles. The standard InChI is InChI=1S/C22H18O2/c1-23-20-15-13-19(14-16-20)22(24-21-10-6-3-7-11-21)17-12-18-8-4-2-5-9-18/h2-11,13-16,22H,1H3. The third-order valence-electron chi connectivity index (χ3n) is 3.54. The van der Waals surface area contributed by atoms with Crippen LogP contribution in [0.4, 0.5) is 0 Å². The molecule has 0 radical (unpaired) electrons. The molecule has 0 amide bonds. The van der Waals surface area contributed by atoms with E-state index in [2.05, 4.69) is 11.8 Å². The van der Waals surface area contributed by atoms with Crippen molar-refractivity contribution in [1.82, 2.24) is 0 Å². The van der Waals surface area contributed by atoms with Crippen molar-refractivity contribution in [3.63, 3.8) is 0 Å². The lowest BCUT2D eigenvalue weighted by Gasteiger charge is -2.14. The highest BCUT2D eigenvalue weighted by molar-refractivity contribution is 5.39. The number of hydrogen-bond acceptors (Lipinski definition) is 2. The minimum atomic E-state index is -0.349. The smallest absolute Gasteiger partial charge is 0.184 e. The molecule has 0 fully saturated rings. The fraction of sp³-hybridized carbons (Fsp3) is 0.0909. The molecule has 118 valence electrons. The summed E-state index contributed by atoms with van der Waals surface area (Å²) in [6.45, 7) is 0. The van der Waals surface area contributed by atoms with Crippen molar-refractivity contribution in [2.24, 2.45) is 0 Å². The van der Waals surface area contributed by atoms with Crippen LogP contribution in [0.15, 0.2) is 84.9 Å². The van der Waals surface area contributed by atoms with Crippen molar-refractivity contribution in [3.8, 4) is 23.3 Å². The quantitative estimate of drug-likeness (QED) is 0.640. The van der Waals surface area contributed by atoms with E-state index in [-0.39, 0.29) is 6.10 Å². The Morgan fingerprint density at radius 2 is 1.33 bits per heavy atom. The number of hydrogen-bond donors (Lipinski definition) is 0. The van der Waals surface area contributed by atoms with E-state index >= 15 is 0 Å². The van der Waals surface area contributed by atoms with Crippen LogP contribution in [0.25, 0.3) is 0 Å². The maximum absolute atomic E-state index is 6.08. The molecule has 3 rings (SSSR count). The van der Waals surface area contributed by atoms with Gasteiger partial charge in [0.15, 0.2) is 6.10 Å². The van der Waals surface area contributed by atoms with Crippen LogP contribution >= 0.6 is 0 Å². The Balaban J connectivity index is 1.89. The summed E-state index contributed by atoms with van der Waals surface area (Å²) in [4.78, 5) is 0. The average Bonchev–Trinajstić information content (AvgIpc) is 2.67. The fourth-order valence-corrected chi connectivity index (χ4v) is 2.27. The van der Waals surface area contributed by atoms with Gasteiger partial charge in [-0.05, 0) is 42.3 Å². The molecule has 0 saturated heterocycles. The Hall–Kier alpha value is -3.18. The summed E-state index contributed by atoms with van der Waals surface area (Å²) in [6, 6.07) is 27.4. The Morgan fingerprint density at radius 1 is 0.708 bits per heavy atom. The highest BCUT2D eigenvalue weighted by Gasteiger charge is 2.10. The Kier molecular flexibility index (Phi) is 5.17. The summed E-state index contributed by atoms with van der Waals surface area (Å²) in [5, 5.41) is 0. The SMILES string of the molecule is COc1ccc(C(C#Cc2ccccc2)Oc2ccccc2)cc1. The van der Waals surface area contributed by atoms with Crippen LogP contribution in [0.1, 0.15) is 17.2 Å². The van der Waals surface area contributed by atoms with Crippen molar-refractivity contribution in [3.05, 3.63) is 96.1 Å². The Labute approximate surface area is 142 Å². The molecule has 1 unspecified atom stereocenters. The van der Waals surface area contributed by atoms with Crippen LogP contribution in [0.2, 0.25) is 0 Å². The molecule has 2 nitrogen and oxygen atoms in total. The molecule has 0 aliphatic carbocycles. The molecular formula is C22H18O2. The van der Waals surface area contributed by atoms with Gasteiger partial charge in [0.1, 0.15) is 11.5 Å². The van der Waals surface area contributed by atoms with Gasteiger partial charge < -0.3 is 9.47 Å². The molecule has 0 aliphatic heterocycles. The molecular weight excluding hydrogens is 296 g/mol. The highest BCUT2D eigenvalue weighted by Crippen LogP contribution is 2.23. The molecule has 3 aromatic rings. The van der Waals surface area contributed by atoms with E-state index in [0.717, 1.165) is 22.6 Å². The first-order valence-electron chi connectivity index (χ1n) is 7.77. The number of benzene rings is 3. The summed E-state index contributed by atoms with van der Waals surface area (Å²) in [7, 11) is 1.65. The van der Waals surface area contributed by atoms with Crippen molar-refractivity contribution >= 4 is 0 Å². The van der Waals surface area contributed by atoms with Gasteiger partial charge in [0, 0.05) is 11.1 Å². The van der Waals surface area contributed by atoms with Crippen LogP contribution < -0.4 is 9.47 Å². The van der Waals surface area contributed by atoms with Gasteiger partial charge in [-0.3, -0.25) is 0 Å². The molecule has 0 saturated carbocycles. The third-order valence-corrected chi connectivity index (χ3v) is 3.54. The second kappa shape index (κ2) is 7.89. The van der Waals surface area contributed by atoms with Gasteiger partial charge in [-0.2, -0.15) is 0 Å². The van der Waals surface area contributed by atoms with E-state index in [4.69, 9.17) is 9.47 Å². The largest absolute Gasteiger partial charge is 0.497 e. The molecule has 0 spiro atoms. The van der Waals surface area contributed by atoms with E-state index < -0.39 is 0 Å². The van der Waals surface area contributed by atoms with E-state index in [1.165, 1.54) is 0 Å². The molecule has 24 heavy (non-hydrogen) atoms. The number of rotatable bonds is 4. The predicted octanol–water partition coefficient (Wildman–Crippen LogP) is 4.87. The predicted molar refractivity (Wildman–Crippen MR) is 96.1 cm³/mol. The molecule has 0 aromatic heterocycles. The van der Waals surface area contributed by atoms with Crippen LogP contribution in [0.5, 0.6) is 11.5 Å². The second-order valence-corrected chi connectivity index (χ2v) is 5.22. The minimum Gasteiger partial charge on any atom is -0.497 e. The number of ether oxygens (including phenoxy) is 2. The summed E-state index contributed by atoms with van der Waals surface area (Å²) >= 11 is 0. The fourth-order valence-electron chi connectivity index (χ4n) is 2.27. The lowest BCUT2D eigenvalue weighted by molar-refractivity contribution is 0.264. The lowest BCUT2D eigenvalue weighted by atomic mass is 10.1. The summed E-state index contributed by atoms with van der Waals surface area (Å²) in [5.41, 5.74) is 1.95. The first-order chi connectivity index (χ1) is 11.8. The van der Waals surface area contributed by atoms with E-state index in [0.29, 0.717) is 0 Å². The van der Waals surface area contributed by atoms with Crippen LogP contribution in [-0.2, 0) is 0 Å². The first-order valence-corrected chi connectivity index (χ1v) is 7.77. The van der Waals surface area contributed by atoms with Crippen LogP contribution in [0, 0.1) is 11.8 Å². The van der Waals surface area contributed by atoms with Gasteiger partial charge in [0.05, 0.1) is 7.11 Å². The Morgan fingerprint density at radius 3 is 1.96 bits per heavy atom. The molecule has 1 atom stereocenters. The minimum absolute atomic E-state index is 0.349. The van der Waals surface area contributed by atoms with Gasteiger partial charge >= 0.3 is 0 Å². The van der Waals surface area contributed by atoms with E-state index in [1.54, 1.807) is 7.11 Å². The Bertz CT molecular complexity index is 813. The highest BCUT2D eigenvalue weighted by atomic mass is 16.5. The van der Waals surface area contributed by atoms with Gasteiger partial charge in [-0.25, -0.2) is 0 Å². The molecule has 0 aliphatic rings. The first kappa shape index (κ1) is 15.7. The van der Waals surface area contributed by atoms with Crippen LogP contribution in [-0.4, -0.2) is 7.11 Å². The normalized spacial score (nSPS) is 11.0. The third kappa shape index (κ3) is 4.18. The molecule has 0 bridgehead atoms. The topological polar surface area (TPSA) is 18.5 Å². The van der Waals surface area contributed by atoms with Crippen molar-refractivity contribution in [2.75, 3.05) is 7.11 Å². The molecule has 2 heteroatoms. The van der Waals surface area contributed by atoms with Crippen molar-refractivity contribution in [2.45, 2.75) is 6.10 Å². The summed E-state index contributed by atoms with van der Waals surface area (Å²) < 4.78 is 11.3. The zero-order valence-corrected chi connectivity index (χ0v) is 13.5. The van der Waals surface area contributed by atoms with Gasteiger partial charge in [-0.15, -0.1) is 0 Å². The zero-order valence-electron chi connectivity index (χ0n) is 13.5. The zero-order chi connectivity index (χ0) is 16.6. The molecule has 0 N–H and O–H groups in total. The van der Waals surface area contributed by atoms with Crippen molar-refractivity contribution in [1.29, 1.82) is 0 Å². The lowest BCUT2D eigenvalue weighted by Crippen LogP contribution is -2.05. The van der Waals surface area contributed by atoms with Crippen molar-refractivity contribution < 1.29 is 9.47 Å². The number of methoxy groups -OCH3 is 1. The van der Waals surface area contributed by atoms with Gasteiger partial charge in [0.25, 0.3) is 0 Å². The number of para-hydroxylation sites is 1. The average molecular weight is 314 g/mol. The summed E-state index contributed by atoms with van der Waals surface area (Å²) in [6.07, 6.45) is -0.349. The summed E-state index contributed by atoms with van der Waals surface area (Å²) in [5.74, 6) is 8.02. The second-order valence-electron chi connectivity index (χ2n) is 5.22.